The van der Waals surface area contributed by atoms with Crippen molar-refractivity contribution in [3.8, 4) is 34.3 Å². The Morgan fingerprint density at radius 1 is 1.14 bits per heavy atom. The molecule has 1 atom stereocenters. The molecular formula is C23H17F3N4O5. The maximum Gasteiger partial charge on any atom is 0.416 e. The lowest BCUT2D eigenvalue weighted by atomic mass is 10.1. The van der Waals surface area contributed by atoms with E-state index in [0.29, 0.717) is 29.3 Å². The Balaban J connectivity index is 1.22. The molecule has 0 aliphatic carbocycles. The molecule has 4 aromatic rings. The Labute approximate surface area is 195 Å². The third kappa shape index (κ3) is 4.54. The summed E-state index contributed by atoms with van der Waals surface area (Å²) >= 11 is 0. The van der Waals surface area contributed by atoms with Crippen LogP contribution in [0.1, 0.15) is 12.5 Å². The zero-order valence-electron chi connectivity index (χ0n) is 18.2. The average Bonchev–Trinajstić information content (AvgIpc) is 3.52. The maximum absolute atomic E-state index is 12.8. The number of hydrogen-bond donors (Lipinski definition) is 0. The second-order valence-corrected chi connectivity index (χ2v) is 8.28. The first-order valence-electron chi connectivity index (χ1n) is 10.4. The van der Waals surface area contributed by atoms with E-state index in [-0.39, 0.29) is 18.4 Å². The van der Waals surface area contributed by atoms with E-state index in [1.54, 1.807) is 34.9 Å². The van der Waals surface area contributed by atoms with E-state index in [1.807, 2.05) is 6.92 Å². The number of nitro groups is 1. The molecule has 0 amide bonds. The summed E-state index contributed by atoms with van der Waals surface area (Å²) in [4.78, 5) is 14.1. The molecule has 1 aliphatic rings. The number of fused-ring (bicyclic) bond motifs is 1. The number of nitrogens with zero attached hydrogens (tertiary/aromatic N) is 4. The molecule has 35 heavy (non-hydrogen) atoms. The predicted octanol–water partition coefficient (Wildman–Crippen LogP) is 5.36. The lowest BCUT2D eigenvalue weighted by molar-refractivity contribution is -0.389. The van der Waals surface area contributed by atoms with Gasteiger partial charge in [0.2, 0.25) is 0 Å². The zero-order valence-corrected chi connectivity index (χ0v) is 18.2. The highest BCUT2D eigenvalue weighted by atomic mass is 19.4. The molecule has 1 aliphatic heterocycles. The number of halogens is 3. The van der Waals surface area contributed by atoms with E-state index in [1.165, 1.54) is 18.3 Å². The van der Waals surface area contributed by atoms with Crippen LogP contribution >= 0.6 is 0 Å². The van der Waals surface area contributed by atoms with Crippen molar-refractivity contribution in [1.82, 2.24) is 14.7 Å². The fraction of sp³-hybridized carbons (Fsp3) is 0.217. The Bertz CT molecular complexity index is 1350. The van der Waals surface area contributed by atoms with Crippen molar-refractivity contribution in [3.05, 3.63) is 76.5 Å². The quantitative estimate of drug-likeness (QED) is 0.267. The average molecular weight is 486 g/mol. The first-order valence-corrected chi connectivity index (χ1v) is 10.4. The maximum atomic E-state index is 12.8. The topological polar surface area (TPSA) is 105 Å². The Kier molecular flexibility index (Phi) is 5.23. The van der Waals surface area contributed by atoms with Crippen molar-refractivity contribution in [2.75, 3.05) is 6.61 Å². The molecule has 2 aromatic carbocycles. The number of imidazole rings is 1. The fourth-order valence-corrected chi connectivity index (χ4v) is 3.69. The molecule has 0 radical (unpaired) electrons. The number of ether oxygens (including phenoxy) is 2. The van der Waals surface area contributed by atoms with Gasteiger partial charge >= 0.3 is 18.0 Å². The van der Waals surface area contributed by atoms with E-state index in [0.717, 1.165) is 17.7 Å². The van der Waals surface area contributed by atoms with E-state index in [2.05, 4.69) is 10.1 Å². The highest BCUT2D eigenvalue weighted by Crippen LogP contribution is 2.33. The van der Waals surface area contributed by atoms with Crippen LogP contribution in [-0.4, -0.2) is 31.8 Å². The number of alkyl halides is 3. The third-order valence-electron chi connectivity index (χ3n) is 5.46. The molecule has 2 aromatic heterocycles. The van der Waals surface area contributed by atoms with E-state index in [4.69, 9.17) is 14.0 Å². The Morgan fingerprint density at radius 2 is 1.83 bits per heavy atom. The van der Waals surface area contributed by atoms with Gasteiger partial charge in [-0.05, 0) is 48.2 Å². The van der Waals surface area contributed by atoms with Crippen molar-refractivity contribution < 1.29 is 32.1 Å². The van der Waals surface area contributed by atoms with Gasteiger partial charge in [-0.25, -0.2) is 0 Å². The fourth-order valence-electron chi connectivity index (χ4n) is 3.69. The van der Waals surface area contributed by atoms with Gasteiger partial charge in [-0.1, -0.05) is 17.3 Å². The summed E-state index contributed by atoms with van der Waals surface area (Å²) in [6, 6.07) is 13.5. The van der Waals surface area contributed by atoms with Gasteiger partial charge in [0.25, 0.3) is 0 Å². The molecule has 0 spiro atoms. The molecule has 3 heterocycles. The largest absolute Gasteiger partial charge is 0.489 e. The number of rotatable bonds is 6. The summed E-state index contributed by atoms with van der Waals surface area (Å²) in [5.41, 5.74) is 0.254. The van der Waals surface area contributed by atoms with Crippen molar-refractivity contribution >= 4 is 5.82 Å². The Morgan fingerprint density at radius 3 is 2.46 bits per heavy atom. The van der Waals surface area contributed by atoms with E-state index < -0.39 is 22.3 Å². The minimum Gasteiger partial charge on any atom is -0.489 e. The number of aromatic nitrogens is 3. The molecule has 12 heteroatoms. The van der Waals surface area contributed by atoms with Gasteiger partial charge in [-0.3, -0.25) is 4.57 Å². The first kappa shape index (κ1) is 22.4. The van der Waals surface area contributed by atoms with Crippen LogP contribution in [0.2, 0.25) is 0 Å². The molecule has 5 rings (SSSR count). The van der Waals surface area contributed by atoms with Gasteiger partial charge in [-0.2, -0.15) is 13.2 Å². The van der Waals surface area contributed by atoms with Gasteiger partial charge < -0.3 is 24.1 Å². The zero-order chi connectivity index (χ0) is 24.8. The van der Waals surface area contributed by atoms with Gasteiger partial charge in [0.15, 0.2) is 11.4 Å². The Hall–Kier alpha value is -4.35. The van der Waals surface area contributed by atoms with Crippen molar-refractivity contribution in [2.24, 2.45) is 0 Å². The molecular weight excluding hydrogens is 469 g/mol. The lowest BCUT2D eigenvalue weighted by Gasteiger charge is -2.22. The molecule has 0 unspecified atom stereocenters. The van der Waals surface area contributed by atoms with Crippen LogP contribution in [0, 0.1) is 10.1 Å². The van der Waals surface area contributed by atoms with Gasteiger partial charge in [0, 0.05) is 22.2 Å². The van der Waals surface area contributed by atoms with Crippen LogP contribution in [0.3, 0.4) is 0 Å². The SMILES string of the molecule is C[C@]1(COc2ccc(-c3cc(-c4ccc(C(F)(F)F)cc4)on3)cc2)Cn2cc([N+](=O)[O-])nc2O1. The van der Waals surface area contributed by atoms with Crippen LogP contribution in [0.4, 0.5) is 19.0 Å². The highest BCUT2D eigenvalue weighted by Gasteiger charge is 2.41. The molecule has 180 valence electrons. The molecule has 0 fully saturated rings. The second kappa shape index (κ2) is 8.15. The lowest BCUT2D eigenvalue weighted by Crippen LogP contribution is -2.38. The molecule has 0 N–H and O–H groups in total. The van der Waals surface area contributed by atoms with Crippen LogP contribution < -0.4 is 9.47 Å². The summed E-state index contributed by atoms with van der Waals surface area (Å²) in [7, 11) is 0. The summed E-state index contributed by atoms with van der Waals surface area (Å²) in [6.07, 6.45) is -3.08. The summed E-state index contributed by atoms with van der Waals surface area (Å²) < 4.78 is 56.7. The van der Waals surface area contributed by atoms with Gasteiger partial charge in [0.1, 0.15) is 24.2 Å². The normalized spacial score (nSPS) is 17.1. The van der Waals surface area contributed by atoms with Crippen LogP contribution in [0.15, 0.2) is 65.3 Å². The van der Waals surface area contributed by atoms with Gasteiger partial charge in [0.05, 0.1) is 12.1 Å². The van der Waals surface area contributed by atoms with Crippen molar-refractivity contribution in [3.63, 3.8) is 0 Å². The van der Waals surface area contributed by atoms with E-state index >= 15 is 0 Å². The molecule has 0 bridgehead atoms. The van der Waals surface area contributed by atoms with Crippen LogP contribution in [0.25, 0.3) is 22.6 Å². The van der Waals surface area contributed by atoms with E-state index in [9.17, 15) is 23.3 Å². The summed E-state index contributed by atoms with van der Waals surface area (Å²) in [6.45, 7) is 2.36. The number of hydrogen-bond acceptors (Lipinski definition) is 7. The number of benzene rings is 2. The van der Waals surface area contributed by atoms with Crippen LogP contribution in [0.5, 0.6) is 11.8 Å². The predicted molar refractivity (Wildman–Crippen MR) is 116 cm³/mol. The van der Waals surface area contributed by atoms with Crippen LogP contribution in [-0.2, 0) is 12.7 Å². The summed E-state index contributed by atoms with van der Waals surface area (Å²) in [5, 5.41) is 14.8. The molecule has 9 nitrogen and oxygen atoms in total. The summed E-state index contributed by atoms with van der Waals surface area (Å²) in [5.74, 6) is 0.645. The standard InChI is InChI=1S/C23H17F3N4O5/c1-22(12-29-11-20(30(31)32)27-21(29)34-22)13-33-17-8-4-14(5-9-17)18-10-19(35-28-18)15-2-6-16(7-3-15)23(24,25)26/h2-11H,12-13H2,1H3/t22-/m1/s1. The van der Waals surface area contributed by atoms with Crippen molar-refractivity contribution in [2.45, 2.75) is 25.2 Å². The highest BCUT2D eigenvalue weighted by molar-refractivity contribution is 5.67. The monoisotopic (exact) mass is 486 g/mol. The third-order valence-corrected chi connectivity index (χ3v) is 5.46. The second-order valence-electron chi connectivity index (χ2n) is 8.28. The van der Waals surface area contributed by atoms with Crippen molar-refractivity contribution in [1.29, 1.82) is 0 Å². The first-order chi connectivity index (χ1) is 16.6. The minimum atomic E-state index is -4.40. The molecule has 0 saturated carbocycles. The molecule has 0 saturated heterocycles. The van der Waals surface area contributed by atoms with Gasteiger partial charge in [-0.15, -0.1) is 0 Å². The smallest absolute Gasteiger partial charge is 0.416 e. The minimum absolute atomic E-state index is 0.174.